The highest BCUT2D eigenvalue weighted by molar-refractivity contribution is 5.44. The van der Waals surface area contributed by atoms with Gasteiger partial charge in [0.25, 0.3) is 0 Å². The van der Waals surface area contributed by atoms with Crippen LogP contribution >= 0.6 is 0 Å². The zero-order valence-corrected chi connectivity index (χ0v) is 12.1. The van der Waals surface area contributed by atoms with E-state index in [0.29, 0.717) is 6.42 Å². The van der Waals surface area contributed by atoms with E-state index in [-0.39, 0.29) is 6.10 Å². The fourth-order valence-electron chi connectivity index (χ4n) is 3.56. The SMILES string of the molecule is COc1ccc2c(c1)OC1(CCCCC1OC)C[C@@H]2O. The third-order valence-electron chi connectivity index (χ3n) is 4.62. The molecule has 4 nitrogen and oxygen atoms in total. The first-order valence-corrected chi connectivity index (χ1v) is 7.26. The highest BCUT2D eigenvalue weighted by Gasteiger charge is 2.48. The van der Waals surface area contributed by atoms with E-state index < -0.39 is 11.7 Å². The number of ether oxygens (including phenoxy) is 3. The van der Waals surface area contributed by atoms with Crippen LogP contribution in [-0.2, 0) is 4.74 Å². The second-order valence-corrected chi connectivity index (χ2v) is 5.76. The summed E-state index contributed by atoms with van der Waals surface area (Å²) in [6.07, 6.45) is 4.34. The Labute approximate surface area is 119 Å². The van der Waals surface area contributed by atoms with Gasteiger partial charge in [0.05, 0.1) is 19.3 Å². The smallest absolute Gasteiger partial charge is 0.138 e. The maximum Gasteiger partial charge on any atom is 0.138 e. The normalized spacial score (nSPS) is 32.5. The first-order chi connectivity index (χ1) is 9.68. The minimum atomic E-state index is -0.500. The number of benzene rings is 1. The van der Waals surface area contributed by atoms with Gasteiger partial charge in [-0.15, -0.1) is 0 Å². The van der Waals surface area contributed by atoms with Gasteiger partial charge in [-0.2, -0.15) is 0 Å². The van der Waals surface area contributed by atoms with Crippen LogP contribution in [0.5, 0.6) is 11.5 Å². The monoisotopic (exact) mass is 278 g/mol. The lowest BCUT2D eigenvalue weighted by Crippen LogP contribution is -2.53. The van der Waals surface area contributed by atoms with Crippen LogP contribution < -0.4 is 9.47 Å². The van der Waals surface area contributed by atoms with Crippen molar-refractivity contribution in [3.05, 3.63) is 23.8 Å². The Balaban J connectivity index is 1.97. The van der Waals surface area contributed by atoms with Gasteiger partial charge in [0.2, 0.25) is 0 Å². The quantitative estimate of drug-likeness (QED) is 0.903. The summed E-state index contributed by atoms with van der Waals surface area (Å²) in [7, 11) is 3.36. The molecule has 0 radical (unpaired) electrons. The molecule has 1 fully saturated rings. The van der Waals surface area contributed by atoms with E-state index >= 15 is 0 Å². The molecule has 1 aliphatic carbocycles. The van der Waals surface area contributed by atoms with Gasteiger partial charge >= 0.3 is 0 Å². The number of aliphatic hydroxyl groups is 1. The summed E-state index contributed by atoms with van der Waals surface area (Å²) in [5, 5.41) is 10.5. The van der Waals surface area contributed by atoms with Crippen molar-refractivity contribution in [2.75, 3.05) is 14.2 Å². The molecule has 20 heavy (non-hydrogen) atoms. The molecule has 1 aromatic carbocycles. The van der Waals surface area contributed by atoms with Gasteiger partial charge in [-0.05, 0) is 31.4 Å². The maximum atomic E-state index is 10.5. The number of hydrogen-bond donors (Lipinski definition) is 1. The number of rotatable bonds is 2. The number of fused-ring (bicyclic) bond motifs is 1. The molecule has 2 unspecified atom stereocenters. The van der Waals surface area contributed by atoms with E-state index in [4.69, 9.17) is 14.2 Å². The van der Waals surface area contributed by atoms with Crippen molar-refractivity contribution >= 4 is 0 Å². The standard InChI is InChI=1S/C16H22O4/c1-18-11-6-7-12-13(17)10-16(20-14(12)9-11)8-4-3-5-15(16)19-2/h6-7,9,13,15,17H,3-5,8,10H2,1-2H3/t13-,15?,16?/m0/s1. The van der Waals surface area contributed by atoms with Gasteiger partial charge in [0.15, 0.2) is 0 Å². The van der Waals surface area contributed by atoms with Gasteiger partial charge < -0.3 is 19.3 Å². The lowest BCUT2D eigenvalue weighted by Gasteiger charge is -2.47. The molecule has 0 saturated heterocycles. The summed E-state index contributed by atoms with van der Waals surface area (Å²) in [4.78, 5) is 0. The van der Waals surface area contributed by atoms with Crippen molar-refractivity contribution in [3.63, 3.8) is 0 Å². The molecule has 1 aliphatic heterocycles. The molecule has 4 heteroatoms. The fraction of sp³-hybridized carbons (Fsp3) is 0.625. The topological polar surface area (TPSA) is 47.9 Å². The third kappa shape index (κ3) is 2.17. The molecule has 0 bridgehead atoms. The Morgan fingerprint density at radius 1 is 1.30 bits per heavy atom. The van der Waals surface area contributed by atoms with Crippen molar-refractivity contribution in [3.8, 4) is 11.5 Å². The first kappa shape index (κ1) is 13.7. The van der Waals surface area contributed by atoms with Crippen LogP contribution in [0.2, 0.25) is 0 Å². The number of methoxy groups -OCH3 is 2. The molecular formula is C16H22O4. The summed E-state index contributed by atoms with van der Waals surface area (Å²) >= 11 is 0. The molecule has 1 heterocycles. The van der Waals surface area contributed by atoms with Crippen molar-refractivity contribution in [1.29, 1.82) is 0 Å². The summed E-state index contributed by atoms with van der Waals surface area (Å²) in [5.74, 6) is 1.48. The molecule has 0 aromatic heterocycles. The van der Waals surface area contributed by atoms with E-state index in [0.717, 1.165) is 42.7 Å². The van der Waals surface area contributed by atoms with Crippen LogP contribution in [-0.4, -0.2) is 31.0 Å². The summed E-state index contributed by atoms with van der Waals surface area (Å²) in [5.41, 5.74) is 0.447. The van der Waals surface area contributed by atoms with Gasteiger partial charge in [-0.3, -0.25) is 0 Å². The first-order valence-electron chi connectivity index (χ1n) is 7.26. The van der Waals surface area contributed by atoms with Crippen LogP contribution in [0.25, 0.3) is 0 Å². The lowest BCUT2D eigenvalue weighted by atomic mass is 9.75. The minimum absolute atomic E-state index is 0.0465. The Bertz CT molecular complexity index is 487. The van der Waals surface area contributed by atoms with Gasteiger partial charge in [0, 0.05) is 25.2 Å². The Hall–Kier alpha value is -1.26. The summed E-state index contributed by atoms with van der Waals surface area (Å²) in [6, 6.07) is 5.61. The molecular weight excluding hydrogens is 256 g/mol. The van der Waals surface area contributed by atoms with Crippen LogP contribution in [0.1, 0.15) is 43.8 Å². The largest absolute Gasteiger partial charge is 0.497 e. The van der Waals surface area contributed by atoms with Crippen molar-refractivity contribution in [2.45, 2.75) is 49.9 Å². The summed E-state index contributed by atoms with van der Waals surface area (Å²) < 4.78 is 17.2. The zero-order valence-electron chi connectivity index (χ0n) is 12.1. The van der Waals surface area contributed by atoms with Crippen molar-refractivity contribution < 1.29 is 19.3 Å². The average molecular weight is 278 g/mol. The maximum absolute atomic E-state index is 10.5. The summed E-state index contributed by atoms with van der Waals surface area (Å²) in [6.45, 7) is 0. The predicted octanol–water partition coefficient (Wildman–Crippen LogP) is 2.84. The van der Waals surface area contributed by atoms with E-state index in [2.05, 4.69) is 0 Å². The highest BCUT2D eigenvalue weighted by Crippen LogP contribution is 2.47. The molecule has 0 amide bonds. The molecule has 1 N–H and O–H groups in total. The van der Waals surface area contributed by atoms with Crippen molar-refractivity contribution in [1.82, 2.24) is 0 Å². The zero-order chi connectivity index (χ0) is 14.2. The second kappa shape index (κ2) is 5.26. The average Bonchev–Trinajstić information content (AvgIpc) is 2.47. The van der Waals surface area contributed by atoms with Crippen molar-refractivity contribution in [2.24, 2.45) is 0 Å². The molecule has 110 valence electrons. The molecule has 3 rings (SSSR count). The number of hydrogen-bond acceptors (Lipinski definition) is 4. The predicted molar refractivity (Wildman–Crippen MR) is 75.2 cm³/mol. The van der Waals surface area contributed by atoms with Crippen LogP contribution in [0.3, 0.4) is 0 Å². The molecule has 2 aliphatic rings. The van der Waals surface area contributed by atoms with E-state index in [9.17, 15) is 5.11 Å². The van der Waals surface area contributed by atoms with Gasteiger partial charge in [0.1, 0.15) is 17.1 Å². The lowest BCUT2D eigenvalue weighted by molar-refractivity contribution is -0.130. The van der Waals surface area contributed by atoms with Gasteiger partial charge in [-0.1, -0.05) is 6.42 Å². The fourth-order valence-corrected chi connectivity index (χ4v) is 3.56. The molecule has 1 saturated carbocycles. The van der Waals surface area contributed by atoms with Crippen LogP contribution in [0.4, 0.5) is 0 Å². The highest BCUT2D eigenvalue weighted by atomic mass is 16.6. The van der Waals surface area contributed by atoms with Crippen LogP contribution in [0.15, 0.2) is 18.2 Å². The van der Waals surface area contributed by atoms with E-state index in [1.54, 1.807) is 14.2 Å². The van der Waals surface area contributed by atoms with Gasteiger partial charge in [-0.25, -0.2) is 0 Å². The second-order valence-electron chi connectivity index (χ2n) is 5.76. The van der Waals surface area contributed by atoms with E-state index in [1.165, 1.54) is 0 Å². The Kier molecular flexibility index (Phi) is 3.61. The molecule has 1 spiro atoms. The van der Waals surface area contributed by atoms with Crippen LogP contribution in [0, 0.1) is 0 Å². The molecule has 3 atom stereocenters. The third-order valence-corrected chi connectivity index (χ3v) is 4.62. The molecule has 1 aromatic rings. The number of aliphatic hydroxyl groups excluding tert-OH is 1. The minimum Gasteiger partial charge on any atom is -0.497 e. The Morgan fingerprint density at radius 2 is 2.15 bits per heavy atom. The van der Waals surface area contributed by atoms with E-state index in [1.807, 2.05) is 18.2 Å². The Morgan fingerprint density at radius 3 is 2.90 bits per heavy atom.